The summed E-state index contributed by atoms with van der Waals surface area (Å²) in [4.78, 5) is 24.3. The second-order valence-electron chi connectivity index (χ2n) is 6.45. The van der Waals surface area contributed by atoms with Crippen molar-refractivity contribution >= 4 is 17.8 Å². The molecule has 0 amide bonds. The Hall–Kier alpha value is -2.30. The Balaban J connectivity index is 2.37. The minimum atomic E-state index is -0.629. The molecule has 0 aromatic heterocycles. The van der Waals surface area contributed by atoms with Crippen LogP contribution in [0.4, 0.5) is 0 Å². The second-order valence-corrected chi connectivity index (χ2v) is 6.45. The van der Waals surface area contributed by atoms with Gasteiger partial charge in [-0.1, -0.05) is 19.1 Å². The van der Waals surface area contributed by atoms with Gasteiger partial charge in [-0.2, -0.15) is 0 Å². The number of hydrogen-bond acceptors (Lipinski definition) is 5. The lowest BCUT2D eigenvalue weighted by Crippen LogP contribution is -2.17. The van der Waals surface area contributed by atoms with Gasteiger partial charge < -0.3 is 14.9 Å². The van der Waals surface area contributed by atoms with E-state index in [2.05, 4.69) is 0 Å². The standard InChI is InChI=1S/C19H24O5/c1-12-6-8-14-10-16(21)11-17(22)18(14)19(23)24-13(2)4-3-5-15(20)9-7-12/h6,8,10-13,21-22H,3-5,7,9H2,1-2H3/b8-6+/t12-,13-/m1/s1. The number of rotatable bonds is 0. The van der Waals surface area contributed by atoms with Gasteiger partial charge >= 0.3 is 5.97 Å². The molecule has 0 radical (unpaired) electrons. The number of ketones is 1. The van der Waals surface area contributed by atoms with E-state index in [1.165, 1.54) is 6.07 Å². The molecule has 2 N–H and O–H groups in total. The number of esters is 1. The second kappa shape index (κ2) is 7.99. The minimum Gasteiger partial charge on any atom is -0.508 e. The fraction of sp³-hybridized carbons (Fsp3) is 0.474. The van der Waals surface area contributed by atoms with Gasteiger partial charge in [0, 0.05) is 18.9 Å². The average molecular weight is 332 g/mol. The van der Waals surface area contributed by atoms with Crippen LogP contribution in [-0.2, 0) is 9.53 Å². The summed E-state index contributed by atoms with van der Waals surface area (Å²) < 4.78 is 5.38. The number of benzene rings is 1. The number of allylic oxidation sites excluding steroid dienone is 1. The fourth-order valence-corrected chi connectivity index (χ4v) is 2.75. The topological polar surface area (TPSA) is 83.8 Å². The highest BCUT2D eigenvalue weighted by Gasteiger charge is 2.21. The Morgan fingerprint density at radius 2 is 1.83 bits per heavy atom. The monoisotopic (exact) mass is 332 g/mol. The quantitative estimate of drug-likeness (QED) is 0.706. The van der Waals surface area contributed by atoms with Crippen molar-refractivity contribution in [2.24, 2.45) is 5.92 Å². The predicted molar refractivity (Wildman–Crippen MR) is 90.9 cm³/mol. The number of ether oxygens (including phenoxy) is 1. The van der Waals surface area contributed by atoms with Gasteiger partial charge in [-0.05, 0) is 43.7 Å². The molecular weight excluding hydrogens is 308 g/mol. The van der Waals surface area contributed by atoms with E-state index in [0.717, 1.165) is 12.5 Å². The normalized spacial score (nSPS) is 24.6. The predicted octanol–water partition coefficient (Wildman–Crippen LogP) is 3.83. The van der Waals surface area contributed by atoms with Crippen molar-refractivity contribution in [3.05, 3.63) is 29.3 Å². The smallest absolute Gasteiger partial charge is 0.342 e. The molecule has 130 valence electrons. The molecule has 0 saturated carbocycles. The number of carbonyl (C=O) groups is 2. The van der Waals surface area contributed by atoms with Crippen molar-refractivity contribution in [2.45, 2.75) is 52.1 Å². The van der Waals surface area contributed by atoms with E-state index in [-0.39, 0.29) is 34.9 Å². The van der Waals surface area contributed by atoms with Crippen molar-refractivity contribution in [3.63, 3.8) is 0 Å². The number of hydrogen-bond donors (Lipinski definition) is 2. The summed E-state index contributed by atoms with van der Waals surface area (Å²) in [6, 6.07) is 2.55. The minimum absolute atomic E-state index is 0.0521. The number of fused-ring (bicyclic) bond motifs is 1. The molecule has 1 heterocycles. The first-order valence-corrected chi connectivity index (χ1v) is 8.33. The molecular formula is C19H24O5. The van der Waals surface area contributed by atoms with Gasteiger partial charge in [-0.25, -0.2) is 4.79 Å². The third-order valence-electron chi connectivity index (χ3n) is 4.19. The zero-order valence-corrected chi connectivity index (χ0v) is 14.1. The molecule has 24 heavy (non-hydrogen) atoms. The van der Waals surface area contributed by atoms with Crippen LogP contribution in [0.2, 0.25) is 0 Å². The Morgan fingerprint density at radius 1 is 1.08 bits per heavy atom. The lowest BCUT2D eigenvalue weighted by molar-refractivity contribution is -0.119. The highest BCUT2D eigenvalue weighted by atomic mass is 16.5. The Kier molecular flexibility index (Phi) is 6.01. The number of carbonyl (C=O) groups excluding carboxylic acids is 2. The Morgan fingerprint density at radius 3 is 2.58 bits per heavy atom. The van der Waals surface area contributed by atoms with Gasteiger partial charge in [-0.15, -0.1) is 0 Å². The number of phenols is 2. The number of phenolic OH excluding ortho intramolecular Hbond substituents is 2. The summed E-state index contributed by atoms with van der Waals surface area (Å²) >= 11 is 0. The van der Waals surface area contributed by atoms with E-state index >= 15 is 0 Å². The molecule has 0 saturated heterocycles. The van der Waals surface area contributed by atoms with Crippen LogP contribution in [0, 0.1) is 5.92 Å². The van der Waals surface area contributed by atoms with Gasteiger partial charge in [0.15, 0.2) is 0 Å². The summed E-state index contributed by atoms with van der Waals surface area (Å²) in [6.07, 6.45) is 6.22. The van der Waals surface area contributed by atoms with Crippen LogP contribution in [0.1, 0.15) is 61.9 Å². The molecule has 1 aromatic rings. The highest BCUT2D eigenvalue weighted by Crippen LogP contribution is 2.30. The van der Waals surface area contributed by atoms with Crippen LogP contribution in [0.25, 0.3) is 6.08 Å². The van der Waals surface area contributed by atoms with Crippen LogP contribution in [-0.4, -0.2) is 28.1 Å². The van der Waals surface area contributed by atoms with E-state index in [9.17, 15) is 19.8 Å². The van der Waals surface area contributed by atoms with Gasteiger partial charge in [0.25, 0.3) is 0 Å². The molecule has 2 rings (SSSR count). The van der Waals surface area contributed by atoms with E-state index in [1.807, 2.05) is 13.0 Å². The van der Waals surface area contributed by atoms with Crippen LogP contribution in [0.3, 0.4) is 0 Å². The first-order chi connectivity index (χ1) is 11.4. The van der Waals surface area contributed by atoms with Crippen molar-refractivity contribution in [1.29, 1.82) is 0 Å². The molecule has 0 fully saturated rings. The maximum Gasteiger partial charge on any atom is 0.342 e. The van der Waals surface area contributed by atoms with E-state index in [1.54, 1.807) is 13.0 Å². The SMILES string of the molecule is C[C@@H]1/C=C/c2cc(O)cc(O)c2C(=O)O[C@H](C)CCCC(=O)CC1. The molecule has 0 bridgehead atoms. The molecule has 2 atom stereocenters. The molecule has 5 nitrogen and oxygen atoms in total. The molecule has 0 spiro atoms. The molecule has 0 aliphatic carbocycles. The summed E-state index contributed by atoms with van der Waals surface area (Å²) in [5.41, 5.74) is 0.455. The fourth-order valence-electron chi connectivity index (χ4n) is 2.75. The first-order valence-electron chi connectivity index (χ1n) is 8.33. The van der Waals surface area contributed by atoms with Gasteiger partial charge in [-0.3, -0.25) is 4.79 Å². The molecule has 5 heteroatoms. The summed E-state index contributed by atoms with van der Waals surface area (Å²) in [5, 5.41) is 19.7. The first kappa shape index (κ1) is 18.0. The van der Waals surface area contributed by atoms with Gasteiger partial charge in [0.05, 0.1) is 6.10 Å². The van der Waals surface area contributed by atoms with Gasteiger partial charge in [0.1, 0.15) is 22.8 Å². The molecule has 1 aliphatic heterocycles. The lowest BCUT2D eigenvalue weighted by Gasteiger charge is -2.16. The van der Waals surface area contributed by atoms with Crippen LogP contribution in [0.5, 0.6) is 11.5 Å². The van der Waals surface area contributed by atoms with Crippen LogP contribution in [0.15, 0.2) is 18.2 Å². The molecule has 1 aliphatic rings. The largest absolute Gasteiger partial charge is 0.508 e. The zero-order valence-electron chi connectivity index (χ0n) is 14.1. The third kappa shape index (κ3) is 4.85. The maximum atomic E-state index is 12.4. The van der Waals surface area contributed by atoms with Crippen molar-refractivity contribution in [2.75, 3.05) is 0 Å². The lowest BCUT2D eigenvalue weighted by atomic mass is 9.97. The van der Waals surface area contributed by atoms with Crippen molar-refractivity contribution in [1.82, 2.24) is 0 Å². The highest BCUT2D eigenvalue weighted by molar-refractivity contribution is 5.97. The molecule has 1 aromatic carbocycles. The van der Waals surface area contributed by atoms with E-state index in [4.69, 9.17) is 4.74 Å². The summed E-state index contributed by atoms with van der Waals surface area (Å²) in [7, 11) is 0. The van der Waals surface area contributed by atoms with E-state index < -0.39 is 5.97 Å². The third-order valence-corrected chi connectivity index (χ3v) is 4.19. The molecule has 0 unspecified atom stereocenters. The van der Waals surface area contributed by atoms with Crippen molar-refractivity contribution in [3.8, 4) is 11.5 Å². The maximum absolute atomic E-state index is 12.4. The number of aromatic hydroxyl groups is 2. The van der Waals surface area contributed by atoms with Gasteiger partial charge in [0.2, 0.25) is 0 Å². The van der Waals surface area contributed by atoms with Crippen LogP contribution < -0.4 is 0 Å². The summed E-state index contributed by atoms with van der Waals surface area (Å²) in [6.45, 7) is 3.75. The summed E-state index contributed by atoms with van der Waals surface area (Å²) in [5.74, 6) is -0.691. The van der Waals surface area contributed by atoms with E-state index in [0.29, 0.717) is 31.2 Å². The Bertz CT molecular complexity index is 647. The van der Waals surface area contributed by atoms with Crippen molar-refractivity contribution < 1.29 is 24.5 Å². The number of Topliss-reactive ketones (excluding diaryl/α,β-unsaturated/α-hetero) is 1. The van der Waals surface area contributed by atoms with Crippen LogP contribution >= 0.6 is 0 Å². The average Bonchev–Trinajstić information content (AvgIpc) is 2.49. The number of cyclic esters (lactones) is 1. The Labute approximate surface area is 142 Å². The zero-order chi connectivity index (χ0) is 17.7.